The molecule has 1 aromatic carbocycles. The summed E-state index contributed by atoms with van der Waals surface area (Å²) >= 11 is 0. The second kappa shape index (κ2) is 7.71. The van der Waals surface area contributed by atoms with Gasteiger partial charge in [0.1, 0.15) is 30.0 Å². The van der Waals surface area contributed by atoms with Gasteiger partial charge in [-0.25, -0.2) is 19.1 Å². The molecule has 0 spiro atoms. The number of halogens is 1. The summed E-state index contributed by atoms with van der Waals surface area (Å²) in [4.78, 5) is 29.4. The molecular weight excluding hydrogens is 355 g/mol. The average Bonchev–Trinajstić information content (AvgIpc) is 3.17. The van der Waals surface area contributed by atoms with Crippen LogP contribution in [-0.2, 0) is 9.53 Å². The van der Waals surface area contributed by atoms with E-state index in [-0.39, 0.29) is 5.69 Å². The van der Waals surface area contributed by atoms with Crippen LogP contribution in [0.1, 0.15) is 36.6 Å². The van der Waals surface area contributed by atoms with E-state index >= 15 is 0 Å². The number of carbonyl (C=O) groups is 2. The molecule has 1 N–H and O–H groups in total. The number of aromatic nitrogens is 1. The molecule has 1 aromatic heterocycles. The Bertz CT molecular complexity index is 864. The van der Waals surface area contributed by atoms with Crippen molar-refractivity contribution < 1.29 is 28.2 Å². The molecule has 0 aliphatic carbocycles. The zero-order chi connectivity index (χ0) is 19.6. The van der Waals surface area contributed by atoms with Gasteiger partial charge in [-0.15, -0.1) is 0 Å². The summed E-state index contributed by atoms with van der Waals surface area (Å²) in [6.45, 7) is 3.26. The standard InChI is InChI=1S/C19H19FN2O5/c1-11-18(13-6-4-3-5-7-13)27-19(25)22(11)17(24)9-16(23)15(20)8-14-10-26-12(2)21-14/h3-8,10-11,16,18,23H,9H2,1-2H3/b15-8-/t11-,16+,18-/m0/s1. The van der Waals surface area contributed by atoms with Gasteiger partial charge in [0.15, 0.2) is 5.89 Å². The summed E-state index contributed by atoms with van der Waals surface area (Å²) in [6.07, 6.45) is -1.52. The van der Waals surface area contributed by atoms with Crippen LogP contribution in [0.3, 0.4) is 0 Å². The van der Waals surface area contributed by atoms with Gasteiger partial charge < -0.3 is 14.3 Å². The molecule has 3 rings (SSSR count). The van der Waals surface area contributed by atoms with E-state index in [0.29, 0.717) is 5.89 Å². The van der Waals surface area contributed by atoms with E-state index in [0.717, 1.165) is 16.5 Å². The van der Waals surface area contributed by atoms with E-state index in [4.69, 9.17) is 9.15 Å². The van der Waals surface area contributed by atoms with E-state index in [1.165, 1.54) is 6.26 Å². The number of ether oxygens (including phenoxy) is 1. The monoisotopic (exact) mass is 374 g/mol. The van der Waals surface area contributed by atoms with Gasteiger partial charge in [0.05, 0.1) is 12.5 Å². The minimum absolute atomic E-state index is 0.189. The molecule has 0 bridgehead atoms. The third-order valence-electron chi connectivity index (χ3n) is 4.28. The molecule has 2 aromatic rings. The lowest BCUT2D eigenvalue weighted by molar-refractivity contribution is -0.130. The predicted octanol–water partition coefficient (Wildman–Crippen LogP) is 3.15. The van der Waals surface area contributed by atoms with Crippen LogP contribution in [0.5, 0.6) is 0 Å². The van der Waals surface area contributed by atoms with Crippen molar-refractivity contribution in [3.8, 4) is 0 Å². The highest BCUT2D eigenvalue weighted by Gasteiger charge is 2.43. The summed E-state index contributed by atoms with van der Waals surface area (Å²) in [6, 6.07) is 8.44. The number of hydrogen-bond acceptors (Lipinski definition) is 6. The number of aliphatic hydroxyl groups excluding tert-OH is 1. The van der Waals surface area contributed by atoms with Crippen molar-refractivity contribution in [3.63, 3.8) is 0 Å². The lowest BCUT2D eigenvalue weighted by Gasteiger charge is -2.20. The topological polar surface area (TPSA) is 92.9 Å². The number of carbonyl (C=O) groups excluding carboxylic acids is 2. The Labute approximate surface area is 155 Å². The fourth-order valence-electron chi connectivity index (χ4n) is 2.93. The summed E-state index contributed by atoms with van der Waals surface area (Å²) < 4.78 is 24.4. The molecule has 142 valence electrons. The number of hydrogen-bond donors (Lipinski definition) is 1. The fourth-order valence-corrected chi connectivity index (χ4v) is 2.93. The number of benzene rings is 1. The number of aryl methyl sites for hydroxylation is 1. The molecule has 0 unspecified atom stereocenters. The molecule has 2 heterocycles. The van der Waals surface area contributed by atoms with Crippen molar-refractivity contribution in [1.82, 2.24) is 9.88 Å². The fraction of sp³-hybridized carbons (Fsp3) is 0.316. The highest BCUT2D eigenvalue weighted by atomic mass is 19.1. The van der Waals surface area contributed by atoms with Gasteiger partial charge in [0.25, 0.3) is 0 Å². The number of aliphatic hydroxyl groups is 1. The number of amides is 2. The molecule has 7 nitrogen and oxygen atoms in total. The zero-order valence-electron chi connectivity index (χ0n) is 14.8. The van der Waals surface area contributed by atoms with Gasteiger partial charge in [0.2, 0.25) is 5.91 Å². The SMILES string of the molecule is Cc1nc(/C=C(\F)[C@H](O)CC(=O)N2C(=O)O[C@H](c3ccccc3)[C@@H]2C)co1. The second-order valence-electron chi connectivity index (χ2n) is 6.26. The maximum absolute atomic E-state index is 14.1. The molecule has 0 radical (unpaired) electrons. The first-order valence-electron chi connectivity index (χ1n) is 8.41. The first-order valence-corrected chi connectivity index (χ1v) is 8.41. The molecule has 3 atom stereocenters. The molecule has 1 aliphatic rings. The molecule has 8 heteroatoms. The van der Waals surface area contributed by atoms with Crippen molar-refractivity contribution in [2.45, 2.75) is 38.5 Å². The Balaban J connectivity index is 1.68. The van der Waals surface area contributed by atoms with Gasteiger partial charge in [-0.1, -0.05) is 30.3 Å². The number of cyclic esters (lactones) is 1. The Morgan fingerprint density at radius 2 is 2.11 bits per heavy atom. The van der Waals surface area contributed by atoms with Crippen LogP contribution in [0.15, 0.2) is 46.8 Å². The zero-order valence-corrected chi connectivity index (χ0v) is 14.8. The normalized spacial score (nSPS) is 21.3. The first kappa shape index (κ1) is 18.8. The summed E-state index contributed by atoms with van der Waals surface area (Å²) in [7, 11) is 0. The number of oxazole rings is 1. The van der Waals surface area contributed by atoms with Crippen LogP contribution < -0.4 is 0 Å². The average molecular weight is 374 g/mol. The number of nitrogens with zero attached hydrogens (tertiary/aromatic N) is 2. The Morgan fingerprint density at radius 1 is 1.41 bits per heavy atom. The lowest BCUT2D eigenvalue weighted by atomic mass is 10.0. The summed E-state index contributed by atoms with van der Waals surface area (Å²) in [5, 5.41) is 9.97. The van der Waals surface area contributed by atoms with Crippen LogP contribution in [0, 0.1) is 6.92 Å². The van der Waals surface area contributed by atoms with Crippen LogP contribution in [0.25, 0.3) is 6.08 Å². The largest absolute Gasteiger partial charge is 0.449 e. The molecule has 1 aliphatic heterocycles. The lowest BCUT2D eigenvalue weighted by Crippen LogP contribution is -2.39. The van der Waals surface area contributed by atoms with E-state index in [1.54, 1.807) is 38.1 Å². The quantitative estimate of drug-likeness (QED) is 0.864. The minimum atomic E-state index is -1.70. The van der Waals surface area contributed by atoms with Gasteiger partial charge in [-0.2, -0.15) is 0 Å². The van der Waals surface area contributed by atoms with Crippen molar-refractivity contribution in [3.05, 3.63) is 59.6 Å². The molecule has 2 amide bonds. The third-order valence-corrected chi connectivity index (χ3v) is 4.28. The maximum atomic E-state index is 14.1. The summed E-state index contributed by atoms with van der Waals surface area (Å²) in [5.74, 6) is -1.32. The van der Waals surface area contributed by atoms with Gasteiger partial charge in [-0.05, 0) is 12.5 Å². The van der Waals surface area contributed by atoms with Crippen LogP contribution in [-0.4, -0.2) is 39.1 Å². The van der Waals surface area contributed by atoms with Crippen molar-refractivity contribution in [2.75, 3.05) is 0 Å². The van der Waals surface area contributed by atoms with Crippen molar-refractivity contribution in [2.24, 2.45) is 0 Å². The third kappa shape index (κ3) is 4.06. The maximum Gasteiger partial charge on any atom is 0.417 e. The van der Waals surface area contributed by atoms with Crippen LogP contribution >= 0.6 is 0 Å². The molecular formula is C19H19FN2O5. The Hall–Kier alpha value is -3.00. The van der Waals surface area contributed by atoms with E-state index in [2.05, 4.69) is 4.98 Å². The second-order valence-corrected chi connectivity index (χ2v) is 6.26. The van der Waals surface area contributed by atoms with E-state index in [9.17, 15) is 19.1 Å². The number of rotatable bonds is 5. The Morgan fingerprint density at radius 3 is 2.74 bits per heavy atom. The smallest absolute Gasteiger partial charge is 0.417 e. The highest BCUT2D eigenvalue weighted by Crippen LogP contribution is 2.33. The molecule has 0 saturated carbocycles. The molecule has 1 fully saturated rings. The van der Waals surface area contributed by atoms with Crippen LogP contribution in [0.2, 0.25) is 0 Å². The molecule has 1 saturated heterocycles. The van der Waals surface area contributed by atoms with E-state index < -0.39 is 42.5 Å². The first-order chi connectivity index (χ1) is 12.9. The minimum Gasteiger partial charge on any atom is -0.449 e. The number of imide groups is 1. The van der Waals surface area contributed by atoms with Crippen molar-refractivity contribution in [1.29, 1.82) is 0 Å². The Kier molecular flexibility index (Phi) is 5.36. The van der Waals surface area contributed by atoms with E-state index in [1.807, 2.05) is 6.07 Å². The van der Waals surface area contributed by atoms with Crippen molar-refractivity contribution >= 4 is 18.1 Å². The highest BCUT2D eigenvalue weighted by molar-refractivity contribution is 5.94. The van der Waals surface area contributed by atoms with Gasteiger partial charge in [-0.3, -0.25) is 4.79 Å². The van der Waals surface area contributed by atoms with Gasteiger partial charge >= 0.3 is 6.09 Å². The van der Waals surface area contributed by atoms with Crippen LogP contribution in [0.4, 0.5) is 9.18 Å². The van der Waals surface area contributed by atoms with Gasteiger partial charge in [0, 0.05) is 13.0 Å². The molecule has 27 heavy (non-hydrogen) atoms. The predicted molar refractivity (Wildman–Crippen MR) is 92.9 cm³/mol. The summed E-state index contributed by atoms with van der Waals surface area (Å²) in [5.41, 5.74) is 0.941.